The summed E-state index contributed by atoms with van der Waals surface area (Å²) in [6.07, 6.45) is -5.53. The standard InChI is InChI=1S/C11H11F3N4O/c1-18-16-10(15-17-18)6-9(19)7-3-2-4-8(5-7)11(12,13)14/h2-5,9,19H,6H2,1H3. The minimum Gasteiger partial charge on any atom is -0.388 e. The fraction of sp³-hybridized carbons (Fsp3) is 0.364. The lowest BCUT2D eigenvalue weighted by molar-refractivity contribution is -0.137. The monoisotopic (exact) mass is 272 g/mol. The Balaban J connectivity index is 2.17. The first-order valence-electron chi connectivity index (χ1n) is 5.44. The lowest BCUT2D eigenvalue weighted by atomic mass is 10.0. The van der Waals surface area contributed by atoms with Gasteiger partial charge in [0.15, 0.2) is 5.82 Å². The highest BCUT2D eigenvalue weighted by atomic mass is 19.4. The SMILES string of the molecule is Cn1nnc(CC(O)c2cccc(C(F)(F)F)c2)n1. The number of aliphatic hydroxyl groups is 1. The molecule has 8 heteroatoms. The van der Waals surface area contributed by atoms with Gasteiger partial charge in [-0.05, 0) is 22.9 Å². The molecule has 1 aromatic carbocycles. The highest BCUT2D eigenvalue weighted by Crippen LogP contribution is 2.31. The van der Waals surface area contributed by atoms with E-state index in [0.29, 0.717) is 0 Å². The molecule has 1 unspecified atom stereocenters. The smallest absolute Gasteiger partial charge is 0.388 e. The van der Waals surface area contributed by atoms with Gasteiger partial charge in [0.1, 0.15) is 0 Å². The van der Waals surface area contributed by atoms with Crippen LogP contribution in [-0.2, 0) is 19.6 Å². The number of nitrogens with zero attached hydrogens (tertiary/aromatic N) is 4. The highest BCUT2D eigenvalue weighted by Gasteiger charge is 2.30. The Kier molecular flexibility index (Phi) is 3.52. The molecule has 0 saturated carbocycles. The van der Waals surface area contributed by atoms with Crippen molar-refractivity contribution in [2.75, 3.05) is 0 Å². The van der Waals surface area contributed by atoms with Crippen LogP contribution in [0.2, 0.25) is 0 Å². The van der Waals surface area contributed by atoms with Crippen LogP contribution < -0.4 is 0 Å². The van der Waals surface area contributed by atoms with Crippen LogP contribution in [0.1, 0.15) is 23.1 Å². The first-order valence-corrected chi connectivity index (χ1v) is 5.44. The van der Waals surface area contributed by atoms with Gasteiger partial charge in [-0.25, -0.2) is 0 Å². The van der Waals surface area contributed by atoms with Gasteiger partial charge in [0.2, 0.25) is 0 Å². The molecule has 5 nitrogen and oxygen atoms in total. The topological polar surface area (TPSA) is 63.8 Å². The van der Waals surface area contributed by atoms with Crippen molar-refractivity contribution in [2.24, 2.45) is 7.05 Å². The molecule has 0 radical (unpaired) electrons. The highest BCUT2D eigenvalue weighted by molar-refractivity contribution is 5.27. The molecule has 1 aromatic heterocycles. The number of aliphatic hydroxyl groups excluding tert-OH is 1. The van der Waals surface area contributed by atoms with Gasteiger partial charge in [0.25, 0.3) is 0 Å². The fourth-order valence-corrected chi connectivity index (χ4v) is 1.62. The second-order valence-electron chi connectivity index (χ2n) is 4.04. The number of benzene rings is 1. The molecule has 0 aliphatic heterocycles. The predicted octanol–water partition coefficient (Wildman–Crippen LogP) is 1.50. The van der Waals surface area contributed by atoms with Crippen LogP contribution in [0.5, 0.6) is 0 Å². The molecule has 0 amide bonds. The van der Waals surface area contributed by atoms with Crippen LogP contribution in [0.4, 0.5) is 13.2 Å². The number of alkyl halides is 3. The summed E-state index contributed by atoms with van der Waals surface area (Å²) in [6, 6.07) is 4.56. The molecular weight excluding hydrogens is 261 g/mol. The Bertz CT molecular complexity index is 567. The lowest BCUT2D eigenvalue weighted by Gasteiger charge is -2.12. The molecule has 0 saturated heterocycles. The van der Waals surface area contributed by atoms with Crippen molar-refractivity contribution in [3.05, 3.63) is 41.2 Å². The molecule has 19 heavy (non-hydrogen) atoms. The molecule has 0 bridgehead atoms. The molecule has 1 N–H and O–H groups in total. The number of halogens is 3. The Morgan fingerprint density at radius 2 is 2.11 bits per heavy atom. The number of aromatic nitrogens is 4. The van der Waals surface area contributed by atoms with E-state index in [9.17, 15) is 18.3 Å². The number of tetrazole rings is 1. The van der Waals surface area contributed by atoms with E-state index in [1.165, 1.54) is 16.9 Å². The van der Waals surface area contributed by atoms with Gasteiger partial charge < -0.3 is 5.11 Å². The van der Waals surface area contributed by atoms with E-state index in [-0.39, 0.29) is 17.8 Å². The molecule has 2 rings (SSSR count). The van der Waals surface area contributed by atoms with Gasteiger partial charge in [-0.1, -0.05) is 12.1 Å². The average molecular weight is 272 g/mol. The summed E-state index contributed by atoms with van der Waals surface area (Å²) in [6.45, 7) is 0. The number of hydrogen-bond donors (Lipinski definition) is 1. The molecule has 0 fully saturated rings. The van der Waals surface area contributed by atoms with E-state index in [2.05, 4.69) is 15.4 Å². The Labute approximate surface area is 106 Å². The van der Waals surface area contributed by atoms with Crippen molar-refractivity contribution < 1.29 is 18.3 Å². The molecule has 102 valence electrons. The maximum absolute atomic E-state index is 12.5. The second-order valence-corrected chi connectivity index (χ2v) is 4.04. The third kappa shape index (κ3) is 3.28. The maximum Gasteiger partial charge on any atom is 0.416 e. The Morgan fingerprint density at radius 1 is 1.37 bits per heavy atom. The average Bonchev–Trinajstić information content (AvgIpc) is 2.74. The number of aryl methyl sites for hydroxylation is 1. The van der Waals surface area contributed by atoms with Crippen molar-refractivity contribution in [1.82, 2.24) is 20.2 Å². The zero-order valence-corrected chi connectivity index (χ0v) is 9.96. The summed E-state index contributed by atoms with van der Waals surface area (Å²) in [4.78, 5) is 1.22. The fourth-order valence-electron chi connectivity index (χ4n) is 1.62. The van der Waals surface area contributed by atoms with Gasteiger partial charge in [-0.3, -0.25) is 0 Å². The third-order valence-electron chi connectivity index (χ3n) is 2.52. The largest absolute Gasteiger partial charge is 0.416 e. The van der Waals surface area contributed by atoms with E-state index < -0.39 is 17.8 Å². The van der Waals surface area contributed by atoms with Crippen LogP contribution in [0, 0.1) is 0 Å². The minimum atomic E-state index is -4.43. The maximum atomic E-state index is 12.5. The number of rotatable bonds is 3. The van der Waals surface area contributed by atoms with Crippen molar-refractivity contribution in [3.8, 4) is 0 Å². The summed E-state index contributed by atoms with van der Waals surface area (Å²) in [5.41, 5.74) is -0.626. The quantitative estimate of drug-likeness (QED) is 0.919. The summed E-state index contributed by atoms with van der Waals surface area (Å²) in [5.74, 6) is 0.271. The third-order valence-corrected chi connectivity index (χ3v) is 2.52. The van der Waals surface area contributed by atoms with Gasteiger partial charge in [-0.15, -0.1) is 10.2 Å². The molecule has 0 aliphatic rings. The molecule has 0 spiro atoms. The van der Waals surface area contributed by atoms with Crippen LogP contribution in [-0.4, -0.2) is 25.3 Å². The van der Waals surface area contributed by atoms with Crippen LogP contribution in [0.25, 0.3) is 0 Å². The second kappa shape index (κ2) is 4.96. The van der Waals surface area contributed by atoms with Crippen molar-refractivity contribution in [2.45, 2.75) is 18.7 Å². The zero-order valence-electron chi connectivity index (χ0n) is 9.96. The van der Waals surface area contributed by atoms with Gasteiger partial charge >= 0.3 is 6.18 Å². The molecule has 1 heterocycles. The first-order chi connectivity index (χ1) is 8.86. The predicted molar refractivity (Wildman–Crippen MR) is 58.9 cm³/mol. The van der Waals surface area contributed by atoms with E-state index in [0.717, 1.165) is 12.1 Å². The van der Waals surface area contributed by atoms with Gasteiger partial charge in [0, 0.05) is 6.42 Å². The zero-order chi connectivity index (χ0) is 14.0. The van der Waals surface area contributed by atoms with Crippen LogP contribution in [0.3, 0.4) is 0 Å². The van der Waals surface area contributed by atoms with Crippen molar-refractivity contribution >= 4 is 0 Å². The minimum absolute atomic E-state index is 0.00908. The van der Waals surface area contributed by atoms with Gasteiger partial charge in [0.05, 0.1) is 18.7 Å². The Hall–Kier alpha value is -1.96. The molecule has 2 aromatic rings. The van der Waals surface area contributed by atoms with Crippen molar-refractivity contribution in [3.63, 3.8) is 0 Å². The summed E-state index contributed by atoms with van der Waals surface area (Å²) < 4.78 is 37.6. The molecule has 1 atom stereocenters. The van der Waals surface area contributed by atoms with Crippen LogP contribution >= 0.6 is 0 Å². The van der Waals surface area contributed by atoms with E-state index in [1.54, 1.807) is 7.05 Å². The van der Waals surface area contributed by atoms with E-state index >= 15 is 0 Å². The lowest BCUT2D eigenvalue weighted by Crippen LogP contribution is -2.08. The summed E-state index contributed by atoms with van der Waals surface area (Å²) >= 11 is 0. The summed E-state index contributed by atoms with van der Waals surface area (Å²) in [7, 11) is 1.56. The van der Waals surface area contributed by atoms with Crippen LogP contribution in [0.15, 0.2) is 24.3 Å². The Morgan fingerprint density at radius 3 is 2.68 bits per heavy atom. The van der Waals surface area contributed by atoms with E-state index in [1.807, 2.05) is 0 Å². The molecule has 0 aliphatic carbocycles. The van der Waals surface area contributed by atoms with Crippen molar-refractivity contribution in [1.29, 1.82) is 0 Å². The van der Waals surface area contributed by atoms with Gasteiger partial charge in [-0.2, -0.15) is 18.0 Å². The first kappa shape index (κ1) is 13.5. The molecular formula is C11H11F3N4O. The van der Waals surface area contributed by atoms with E-state index in [4.69, 9.17) is 0 Å². The normalized spacial score (nSPS) is 13.5. The number of hydrogen-bond acceptors (Lipinski definition) is 4. The summed E-state index contributed by atoms with van der Waals surface area (Å²) in [5, 5.41) is 21.0.